The predicted molar refractivity (Wildman–Crippen MR) is 57.0 cm³/mol. The number of esters is 1. The number of carbonyl (C=O) groups excluding carboxylic acids is 2. The number of hydrogen-bond donors (Lipinski definition) is 0. The van der Waals surface area contributed by atoms with Gasteiger partial charge in [-0.3, -0.25) is 4.79 Å². The van der Waals surface area contributed by atoms with Gasteiger partial charge in [0.05, 0.1) is 12.2 Å². The van der Waals surface area contributed by atoms with Gasteiger partial charge in [-0.15, -0.1) is 0 Å². The normalized spacial score (nSPS) is 9.67. The van der Waals surface area contributed by atoms with E-state index in [9.17, 15) is 9.59 Å². The number of aldehydes is 1. The third-order valence-corrected chi connectivity index (χ3v) is 1.99. The number of unbranched alkanes of at least 4 members (excludes halogenated alkanes) is 1. The lowest BCUT2D eigenvalue weighted by Crippen LogP contribution is -2.06. The Labute approximate surface area is 89.1 Å². The molecule has 0 amide bonds. The Balaban J connectivity index is 2.61. The van der Waals surface area contributed by atoms with Crippen molar-refractivity contribution in [2.45, 2.75) is 19.8 Å². The number of carbonyl (C=O) groups is 2. The smallest absolute Gasteiger partial charge is 0.338 e. The van der Waals surface area contributed by atoms with Crippen molar-refractivity contribution in [2.75, 3.05) is 6.61 Å². The molecule has 0 aliphatic carbocycles. The van der Waals surface area contributed by atoms with Crippen LogP contribution in [-0.2, 0) is 4.74 Å². The molecule has 0 aromatic heterocycles. The molecule has 0 spiro atoms. The molecule has 15 heavy (non-hydrogen) atoms. The second kappa shape index (κ2) is 5.96. The molecule has 0 fully saturated rings. The van der Waals surface area contributed by atoms with Gasteiger partial charge in [0.25, 0.3) is 0 Å². The van der Waals surface area contributed by atoms with Crippen LogP contribution in [0.5, 0.6) is 0 Å². The molecular weight excluding hydrogens is 192 g/mol. The maximum Gasteiger partial charge on any atom is 0.338 e. The molecule has 0 saturated carbocycles. The second-order valence-corrected chi connectivity index (χ2v) is 3.23. The van der Waals surface area contributed by atoms with E-state index >= 15 is 0 Å². The van der Waals surface area contributed by atoms with Crippen molar-refractivity contribution in [3.8, 4) is 0 Å². The second-order valence-electron chi connectivity index (χ2n) is 3.23. The zero-order valence-corrected chi connectivity index (χ0v) is 8.73. The summed E-state index contributed by atoms with van der Waals surface area (Å²) in [6.45, 7) is 2.46. The van der Waals surface area contributed by atoms with Crippen LogP contribution < -0.4 is 0 Å². The van der Waals surface area contributed by atoms with Crippen LogP contribution in [0.4, 0.5) is 0 Å². The molecule has 1 aromatic carbocycles. The van der Waals surface area contributed by atoms with E-state index in [2.05, 4.69) is 0 Å². The van der Waals surface area contributed by atoms with E-state index in [-0.39, 0.29) is 5.97 Å². The Morgan fingerprint density at radius 3 is 2.93 bits per heavy atom. The van der Waals surface area contributed by atoms with Crippen molar-refractivity contribution in [1.82, 2.24) is 0 Å². The van der Waals surface area contributed by atoms with Gasteiger partial charge in [-0.2, -0.15) is 0 Å². The van der Waals surface area contributed by atoms with E-state index in [1.165, 1.54) is 6.07 Å². The molecule has 0 aliphatic heterocycles. The van der Waals surface area contributed by atoms with Gasteiger partial charge < -0.3 is 4.74 Å². The summed E-state index contributed by atoms with van der Waals surface area (Å²) in [6.07, 6.45) is 2.56. The first-order chi connectivity index (χ1) is 7.27. The molecule has 0 atom stereocenters. The van der Waals surface area contributed by atoms with Crippen molar-refractivity contribution in [3.05, 3.63) is 35.4 Å². The molecular formula is C12H14O3. The van der Waals surface area contributed by atoms with Gasteiger partial charge in [0.2, 0.25) is 0 Å². The van der Waals surface area contributed by atoms with Gasteiger partial charge in [0.1, 0.15) is 6.29 Å². The fourth-order valence-corrected chi connectivity index (χ4v) is 1.13. The van der Waals surface area contributed by atoms with Crippen LogP contribution in [-0.4, -0.2) is 18.9 Å². The fourth-order valence-electron chi connectivity index (χ4n) is 1.13. The fraction of sp³-hybridized carbons (Fsp3) is 0.333. The zero-order valence-electron chi connectivity index (χ0n) is 8.73. The van der Waals surface area contributed by atoms with Crippen LogP contribution in [0.1, 0.15) is 40.5 Å². The van der Waals surface area contributed by atoms with Gasteiger partial charge in [0, 0.05) is 5.56 Å². The molecule has 0 N–H and O–H groups in total. The minimum Gasteiger partial charge on any atom is -0.462 e. The lowest BCUT2D eigenvalue weighted by atomic mass is 10.1. The Morgan fingerprint density at radius 1 is 1.47 bits per heavy atom. The van der Waals surface area contributed by atoms with Gasteiger partial charge in [-0.05, 0) is 18.6 Å². The first-order valence-electron chi connectivity index (χ1n) is 5.00. The van der Waals surface area contributed by atoms with Crippen molar-refractivity contribution in [3.63, 3.8) is 0 Å². The lowest BCUT2D eigenvalue weighted by Gasteiger charge is -2.03. The van der Waals surface area contributed by atoms with Crippen LogP contribution >= 0.6 is 0 Å². The SMILES string of the molecule is CCCCOC(=O)c1cccc(C=O)c1. The number of hydrogen-bond acceptors (Lipinski definition) is 3. The standard InChI is InChI=1S/C12H14O3/c1-2-3-7-15-12(14)11-6-4-5-10(8-11)9-13/h4-6,8-9H,2-3,7H2,1H3. The Bertz CT molecular complexity index is 344. The Hall–Kier alpha value is -1.64. The summed E-state index contributed by atoms with van der Waals surface area (Å²) in [5, 5.41) is 0. The summed E-state index contributed by atoms with van der Waals surface area (Å²) in [5.74, 6) is -0.368. The Kier molecular flexibility index (Phi) is 4.54. The minimum absolute atomic E-state index is 0.368. The van der Waals surface area contributed by atoms with Gasteiger partial charge in [0.15, 0.2) is 0 Å². The Morgan fingerprint density at radius 2 is 2.27 bits per heavy atom. The molecule has 0 heterocycles. The van der Waals surface area contributed by atoms with E-state index in [0.29, 0.717) is 24.0 Å². The van der Waals surface area contributed by atoms with Gasteiger partial charge >= 0.3 is 5.97 Å². The van der Waals surface area contributed by atoms with Crippen LogP contribution in [0, 0.1) is 0 Å². The van der Waals surface area contributed by atoms with Crippen LogP contribution in [0.25, 0.3) is 0 Å². The first kappa shape index (κ1) is 11.4. The number of benzene rings is 1. The lowest BCUT2D eigenvalue weighted by molar-refractivity contribution is 0.0499. The highest BCUT2D eigenvalue weighted by atomic mass is 16.5. The van der Waals surface area contributed by atoms with E-state index in [4.69, 9.17) is 4.74 Å². The zero-order chi connectivity index (χ0) is 11.1. The van der Waals surface area contributed by atoms with Gasteiger partial charge in [-0.1, -0.05) is 25.5 Å². The van der Waals surface area contributed by atoms with Crippen LogP contribution in [0.2, 0.25) is 0 Å². The molecule has 1 aromatic rings. The maximum atomic E-state index is 11.4. The topological polar surface area (TPSA) is 43.4 Å². The number of rotatable bonds is 5. The molecule has 3 nitrogen and oxygen atoms in total. The summed E-state index contributed by atoms with van der Waals surface area (Å²) in [4.78, 5) is 21.9. The van der Waals surface area contributed by atoms with Crippen molar-refractivity contribution >= 4 is 12.3 Å². The van der Waals surface area contributed by atoms with E-state index in [1.807, 2.05) is 6.92 Å². The molecule has 0 bridgehead atoms. The minimum atomic E-state index is -0.368. The summed E-state index contributed by atoms with van der Waals surface area (Å²) in [5.41, 5.74) is 0.913. The quantitative estimate of drug-likeness (QED) is 0.422. The predicted octanol–water partition coefficient (Wildman–Crippen LogP) is 2.46. The molecule has 0 unspecified atom stereocenters. The van der Waals surface area contributed by atoms with Gasteiger partial charge in [-0.25, -0.2) is 4.79 Å². The molecule has 0 radical (unpaired) electrons. The van der Waals surface area contributed by atoms with Crippen molar-refractivity contribution in [2.24, 2.45) is 0 Å². The van der Waals surface area contributed by atoms with E-state index < -0.39 is 0 Å². The highest BCUT2D eigenvalue weighted by Gasteiger charge is 2.06. The molecule has 3 heteroatoms. The highest BCUT2D eigenvalue weighted by Crippen LogP contribution is 2.05. The molecule has 80 valence electrons. The summed E-state index contributed by atoms with van der Waals surface area (Å²) < 4.78 is 5.01. The van der Waals surface area contributed by atoms with E-state index in [1.54, 1.807) is 18.2 Å². The van der Waals surface area contributed by atoms with E-state index in [0.717, 1.165) is 12.8 Å². The maximum absolute atomic E-state index is 11.4. The largest absolute Gasteiger partial charge is 0.462 e. The summed E-state index contributed by atoms with van der Waals surface area (Å²) in [7, 11) is 0. The molecule has 0 saturated heterocycles. The summed E-state index contributed by atoms with van der Waals surface area (Å²) >= 11 is 0. The summed E-state index contributed by atoms with van der Waals surface area (Å²) in [6, 6.07) is 6.48. The third-order valence-electron chi connectivity index (χ3n) is 1.99. The van der Waals surface area contributed by atoms with Crippen molar-refractivity contribution in [1.29, 1.82) is 0 Å². The van der Waals surface area contributed by atoms with Crippen molar-refractivity contribution < 1.29 is 14.3 Å². The number of ether oxygens (including phenoxy) is 1. The van der Waals surface area contributed by atoms with Crippen LogP contribution in [0.15, 0.2) is 24.3 Å². The monoisotopic (exact) mass is 206 g/mol. The van der Waals surface area contributed by atoms with Crippen LogP contribution in [0.3, 0.4) is 0 Å². The third kappa shape index (κ3) is 3.54. The average Bonchev–Trinajstić information content (AvgIpc) is 2.29. The highest BCUT2D eigenvalue weighted by molar-refractivity contribution is 5.91. The first-order valence-corrected chi connectivity index (χ1v) is 5.00. The molecule has 1 rings (SSSR count). The molecule has 0 aliphatic rings. The average molecular weight is 206 g/mol.